The summed E-state index contributed by atoms with van der Waals surface area (Å²) in [5.41, 5.74) is 6.71. The number of aryl methyl sites for hydroxylation is 2. The van der Waals surface area contributed by atoms with Gasteiger partial charge < -0.3 is 10.6 Å². The summed E-state index contributed by atoms with van der Waals surface area (Å²) >= 11 is 3.55. The number of rotatable bonds is 4. The van der Waals surface area contributed by atoms with Crippen LogP contribution < -0.4 is 10.6 Å². The van der Waals surface area contributed by atoms with Crippen molar-refractivity contribution in [1.82, 2.24) is 0 Å². The third kappa shape index (κ3) is 4.14. The van der Waals surface area contributed by atoms with Crippen molar-refractivity contribution < 1.29 is 0 Å². The third-order valence-electron chi connectivity index (χ3n) is 3.58. The highest BCUT2D eigenvalue weighted by Gasteiger charge is 2.05. The lowest BCUT2D eigenvalue weighted by molar-refractivity contribution is 1.43. The summed E-state index contributed by atoms with van der Waals surface area (Å²) in [5, 5.41) is 6.99. The molecule has 0 aromatic heterocycles. The summed E-state index contributed by atoms with van der Waals surface area (Å²) in [6.07, 6.45) is 0. The van der Waals surface area contributed by atoms with Crippen LogP contribution in [0.25, 0.3) is 0 Å². The van der Waals surface area contributed by atoms with Gasteiger partial charge in [0.1, 0.15) is 0 Å². The minimum atomic E-state index is 1.03. The van der Waals surface area contributed by atoms with Crippen molar-refractivity contribution in [3.8, 4) is 0 Å². The van der Waals surface area contributed by atoms with Gasteiger partial charge in [0, 0.05) is 15.8 Å². The molecule has 0 bridgehead atoms. The van der Waals surface area contributed by atoms with Crippen LogP contribution in [0.5, 0.6) is 0 Å². The number of hydrogen-bond acceptors (Lipinski definition) is 2. The van der Waals surface area contributed by atoms with Gasteiger partial charge in [0.15, 0.2) is 0 Å². The van der Waals surface area contributed by atoms with Gasteiger partial charge in [0.2, 0.25) is 0 Å². The molecule has 0 spiro atoms. The molecule has 116 valence electrons. The van der Waals surface area contributed by atoms with Crippen LogP contribution in [0, 0.1) is 13.8 Å². The molecule has 0 radical (unpaired) electrons. The molecule has 3 aromatic carbocycles. The quantitative estimate of drug-likeness (QED) is 0.546. The highest BCUT2D eigenvalue weighted by atomic mass is 79.9. The van der Waals surface area contributed by atoms with E-state index in [1.807, 2.05) is 6.07 Å². The first-order valence-corrected chi connectivity index (χ1v) is 8.36. The van der Waals surface area contributed by atoms with Gasteiger partial charge in [-0.15, -0.1) is 0 Å². The molecular weight excluding hydrogens is 348 g/mol. The molecule has 3 aromatic rings. The van der Waals surface area contributed by atoms with Crippen LogP contribution in [0.4, 0.5) is 22.7 Å². The van der Waals surface area contributed by atoms with Gasteiger partial charge in [-0.1, -0.05) is 40.2 Å². The molecule has 0 aliphatic rings. The molecule has 2 N–H and O–H groups in total. The van der Waals surface area contributed by atoms with Crippen LogP contribution in [0.1, 0.15) is 11.1 Å². The predicted octanol–water partition coefficient (Wildman–Crippen LogP) is 6.55. The second kappa shape index (κ2) is 6.88. The Morgan fingerprint density at radius 2 is 1.22 bits per heavy atom. The zero-order chi connectivity index (χ0) is 16.2. The maximum atomic E-state index is 3.55. The fourth-order valence-corrected chi connectivity index (χ4v) is 2.85. The Bertz CT molecular complexity index is 827. The Kier molecular flexibility index (Phi) is 4.68. The monoisotopic (exact) mass is 366 g/mol. The van der Waals surface area contributed by atoms with E-state index in [9.17, 15) is 0 Å². The molecule has 0 amide bonds. The van der Waals surface area contributed by atoms with E-state index in [1.165, 1.54) is 11.1 Å². The lowest BCUT2D eigenvalue weighted by Gasteiger charge is -2.15. The fraction of sp³-hybridized carbons (Fsp3) is 0.100. The van der Waals surface area contributed by atoms with Gasteiger partial charge in [-0.25, -0.2) is 0 Å². The highest BCUT2D eigenvalue weighted by Crippen LogP contribution is 2.31. The summed E-state index contributed by atoms with van der Waals surface area (Å²) in [6.45, 7) is 4.19. The Morgan fingerprint density at radius 3 is 1.78 bits per heavy atom. The zero-order valence-electron chi connectivity index (χ0n) is 13.2. The number of halogens is 1. The fourth-order valence-electron chi connectivity index (χ4n) is 2.49. The van der Waals surface area contributed by atoms with Crippen LogP contribution in [0.3, 0.4) is 0 Å². The highest BCUT2D eigenvalue weighted by molar-refractivity contribution is 9.10. The van der Waals surface area contributed by atoms with E-state index >= 15 is 0 Å². The Balaban J connectivity index is 1.91. The van der Waals surface area contributed by atoms with E-state index in [0.717, 1.165) is 27.2 Å². The molecule has 0 unspecified atom stereocenters. The minimum Gasteiger partial charge on any atom is -0.354 e. The molecule has 3 rings (SSSR count). The van der Waals surface area contributed by atoms with Gasteiger partial charge in [-0.2, -0.15) is 0 Å². The van der Waals surface area contributed by atoms with E-state index in [1.54, 1.807) is 0 Å². The molecule has 0 fully saturated rings. The Labute approximate surface area is 145 Å². The summed E-state index contributed by atoms with van der Waals surface area (Å²) in [7, 11) is 0. The maximum Gasteiger partial charge on any atom is 0.0634 e. The van der Waals surface area contributed by atoms with Crippen molar-refractivity contribution in [2.45, 2.75) is 13.8 Å². The largest absolute Gasteiger partial charge is 0.354 e. The molecule has 2 nitrogen and oxygen atoms in total. The molecular formula is C20H19BrN2. The molecule has 0 heterocycles. The first-order valence-electron chi connectivity index (χ1n) is 7.57. The zero-order valence-corrected chi connectivity index (χ0v) is 14.8. The summed E-state index contributed by atoms with van der Waals surface area (Å²) in [5.74, 6) is 0. The Hall–Kier alpha value is -2.26. The van der Waals surface area contributed by atoms with E-state index in [2.05, 4.69) is 101 Å². The van der Waals surface area contributed by atoms with Gasteiger partial charge >= 0.3 is 0 Å². The van der Waals surface area contributed by atoms with Crippen molar-refractivity contribution >= 4 is 38.7 Å². The van der Waals surface area contributed by atoms with Crippen LogP contribution in [0.15, 0.2) is 71.2 Å². The summed E-state index contributed by atoms with van der Waals surface area (Å²) < 4.78 is 1.04. The van der Waals surface area contributed by atoms with E-state index in [0.29, 0.717) is 0 Å². The lowest BCUT2D eigenvalue weighted by atomic mass is 10.2. The minimum absolute atomic E-state index is 1.03. The topological polar surface area (TPSA) is 24.1 Å². The summed E-state index contributed by atoms with van der Waals surface area (Å²) in [6, 6.07) is 22.9. The van der Waals surface area contributed by atoms with Crippen LogP contribution in [-0.2, 0) is 0 Å². The van der Waals surface area contributed by atoms with E-state index in [-0.39, 0.29) is 0 Å². The first kappa shape index (κ1) is 15.6. The predicted molar refractivity (Wildman–Crippen MR) is 103 cm³/mol. The number of hydrogen-bond donors (Lipinski definition) is 2. The number of anilines is 4. The van der Waals surface area contributed by atoms with Gasteiger partial charge in [0.05, 0.1) is 11.4 Å². The Morgan fingerprint density at radius 1 is 0.652 bits per heavy atom. The average molecular weight is 367 g/mol. The third-order valence-corrected chi connectivity index (χ3v) is 4.07. The lowest BCUT2D eigenvalue weighted by Crippen LogP contribution is -1.98. The molecule has 0 aliphatic carbocycles. The van der Waals surface area contributed by atoms with Crippen molar-refractivity contribution in [1.29, 1.82) is 0 Å². The molecule has 0 aliphatic heterocycles. The standard InChI is InChI=1S/C20H19BrN2/c1-14-5-3-7-17(11-14)22-19-10-9-16(21)13-20(19)23-18-8-4-6-15(2)12-18/h3-13,22-23H,1-2H3. The molecule has 0 atom stereocenters. The second-order valence-corrected chi connectivity index (χ2v) is 6.59. The van der Waals surface area contributed by atoms with Crippen molar-refractivity contribution in [2.24, 2.45) is 0 Å². The van der Waals surface area contributed by atoms with Crippen molar-refractivity contribution in [2.75, 3.05) is 10.6 Å². The van der Waals surface area contributed by atoms with Gasteiger partial charge in [0.25, 0.3) is 0 Å². The smallest absolute Gasteiger partial charge is 0.0634 e. The normalized spacial score (nSPS) is 10.4. The van der Waals surface area contributed by atoms with Crippen LogP contribution in [0.2, 0.25) is 0 Å². The second-order valence-electron chi connectivity index (χ2n) is 5.68. The SMILES string of the molecule is Cc1cccc(Nc2ccc(Br)cc2Nc2cccc(C)c2)c1. The van der Waals surface area contributed by atoms with Crippen LogP contribution >= 0.6 is 15.9 Å². The first-order chi connectivity index (χ1) is 11.1. The molecule has 0 saturated heterocycles. The molecule has 23 heavy (non-hydrogen) atoms. The number of benzene rings is 3. The van der Waals surface area contributed by atoms with E-state index in [4.69, 9.17) is 0 Å². The van der Waals surface area contributed by atoms with E-state index < -0.39 is 0 Å². The molecule has 0 saturated carbocycles. The van der Waals surface area contributed by atoms with Crippen molar-refractivity contribution in [3.63, 3.8) is 0 Å². The van der Waals surface area contributed by atoms with Gasteiger partial charge in [-0.3, -0.25) is 0 Å². The van der Waals surface area contributed by atoms with Crippen LogP contribution in [-0.4, -0.2) is 0 Å². The van der Waals surface area contributed by atoms with Gasteiger partial charge in [-0.05, 0) is 67.4 Å². The average Bonchev–Trinajstić information content (AvgIpc) is 2.50. The molecule has 3 heteroatoms. The van der Waals surface area contributed by atoms with Crippen molar-refractivity contribution in [3.05, 3.63) is 82.3 Å². The summed E-state index contributed by atoms with van der Waals surface area (Å²) in [4.78, 5) is 0. The number of nitrogens with one attached hydrogen (secondary N) is 2. The maximum absolute atomic E-state index is 3.55.